The minimum Gasteiger partial charge on any atom is -0.444 e. The number of carbonyl (C=O) groups is 2. The molecular weight excluding hydrogens is 313 g/mol. The highest BCUT2D eigenvalue weighted by Gasteiger charge is 2.17. The summed E-state index contributed by atoms with van der Waals surface area (Å²) in [6.07, 6.45) is 0.0994. The van der Waals surface area contributed by atoms with Gasteiger partial charge in [0.2, 0.25) is 0 Å². The zero-order valence-electron chi connectivity index (χ0n) is 14.8. The van der Waals surface area contributed by atoms with Crippen LogP contribution in [0.4, 0.5) is 25.4 Å². The van der Waals surface area contributed by atoms with Crippen LogP contribution in [0.15, 0.2) is 18.2 Å². The number of anilines is 2. The van der Waals surface area contributed by atoms with Gasteiger partial charge in [-0.3, -0.25) is 5.32 Å². The number of ether oxygens (including phenoxy) is 1. The average molecular weight is 339 g/mol. The van der Waals surface area contributed by atoms with Gasteiger partial charge >= 0.3 is 12.1 Å². The van der Waals surface area contributed by atoms with Gasteiger partial charge in [-0.05, 0) is 51.3 Å². The fourth-order valence-corrected chi connectivity index (χ4v) is 1.76. The summed E-state index contributed by atoms with van der Waals surface area (Å²) in [5.41, 5.74) is -0.388. The number of rotatable bonds is 5. The van der Waals surface area contributed by atoms with Gasteiger partial charge in [-0.1, -0.05) is 13.8 Å². The van der Waals surface area contributed by atoms with Crippen LogP contribution in [0.5, 0.6) is 0 Å². The Bertz CT molecular complexity index is 583. The van der Waals surface area contributed by atoms with E-state index in [1.165, 1.54) is 12.1 Å². The maximum Gasteiger partial charge on any atom is 0.412 e. The zero-order valence-corrected chi connectivity index (χ0v) is 14.8. The van der Waals surface area contributed by atoms with Crippen molar-refractivity contribution in [3.63, 3.8) is 0 Å². The first kappa shape index (κ1) is 19.7. The topological polar surface area (TPSA) is 79.5 Å². The number of benzene rings is 1. The van der Waals surface area contributed by atoms with Crippen LogP contribution in [0.25, 0.3) is 0 Å². The van der Waals surface area contributed by atoms with Crippen molar-refractivity contribution in [3.8, 4) is 0 Å². The van der Waals surface area contributed by atoms with E-state index in [4.69, 9.17) is 4.74 Å². The van der Waals surface area contributed by atoms with Crippen molar-refractivity contribution in [1.29, 1.82) is 0 Å². The summed E-state index contributed by atoms with van der Waals surface area (Å²) in [5, 5.41) is 7.64. The highest BCUT2D eigenvalue weighted by molar-refractivity contribution is 5.91. The Balaban J connectivity index is 2.65. The average Bonchev–Trinajstić information content (AvgIpc) is 2.40. The van der Waals surface area contributed by atoms with Crippen molar-refractivity contribution in [2.24, 2.45) is 5.92 Å². The maximum atomic E-state index is 13.8. The lowest BCUT2D eigenvalue weighted by Crippen LogP contribution is -2.30. The summed E-state index contributed by atoms with van der Waals surface area (Å²) in [6, 6.07) is 3.53. The molecule has 0 heterocycles. The molecule has 3 amide bonds. The predicted molar refractivity (Wildman–Crippen MR) is 92.7 cm³/mol. The third-order valence-electron chi connectivity index (χ3n) is 2.87. The fraction of sp³-hybridized carbons (Fsp3) is 0.529. The molecule has 0 aliphatic carbocycles. The van der Waals surface area contributed by atoms with Crippen molar-refractivity contribution < 1.29 is 18.7 Å². The summed E-state index contributed by atoms with van der Waals surface area (Å²) in [6.45, 7) is 9.81. The van der Waals surface area contributed by atoms with E-state index in [0.29, 0.717) is 18.2 Å². The van der Waals surface area contributed by atoms with Crippen LogP contribution in [-0.4, -0.2) is 24.3 Å². The van der Waals surface area contributed by atoms with E-state index in [1.54, 1.807) is 20.8 Å². The Hall–Kier alpha value is -2.31. The smallest absolute Gasteiger partial charge is 0.412 e. The van der Waals surface area contributed by atoms with Crippen LogP contribution in [-0.2, 0) is 4.74 Å². The van der Waals surface area contributed by atoms with E-state index in [0.717, 1.165) is 12.5 Å². The van der Waals surface area contributed by atoms with Crippen molar-refractivity contribution in [2.45, 2.75) is 46.6 Å². The van der Waals surface area contributed by atoms with E-state index in [9.17, 15) is 14.0 Å². The molecule has 0 atom stereocenters. The molecule has 0 unspecified atom stereocenters. The van der Waals surface area contributed by atoms with Crippen LogP contribution < -0.4 is 16.0 Å². The Morgan fingerprint density at radius 3 is 2.46 bits per heavy atom. The first-order chi connectivity index (χ1) is 11.1. The van der Waals surface area contributed by atoms with Crippen molar-refractivity contribution in [3.05, 3.63) is 24.0 Å². The van der Waals surface area contributed by atoms with Crippen molar-refractivity contribution >= 4 is 23.5 Å². The summed E-state index contributed by atoms with van der Waals surface area (Å²) in [4.78, 5) is 23.5. The highest BCUT2D eigenvalue weighted by atomic mass is 19.1. The lowest BCUT2D eigenvalue weighted by molar-refractivity contribution is 0.0635. The quantitative estimate of drug-likeness (QED) is 0.746. The summed E-state index contributed by atoms with van der Waals surface area (Å²) in [5.74, 6) is -0.132. The van der Waals surface area contributed by atoms with Crippen molar-refractivity contribution in [1.82, 2.24) is 5.32 Å². The van der Waals surface area contributed by atoms with Gasteiger partial charge in [0.25, 0.3) is 0 Å². The summed E-state index contributed by atoms with van der Waals surface area (Å²) < 4.78 is 18.9. The molecule has 0 saturated heterocycles. The van der Waals surface area contributed by atoms with Crippen LogP contribution >= 0.6 is 0 Å². The number of amides is 3. The first-order valence-electron chi connectivity index (χ1n) is 7.91. The van der Waals surface area contributed by atoms with Gasteiger partial charge in [-0.2, -0.15) is 0 Å². The molecule has 24 heavy (non-hydrogen) atoms. The van der Waals surface area contributed by atoms with Crippen LogP contribution in [0.1, 0.15) is 41.0 Å². The molecule has 7 heteroatoms. The standard InChI is InChI=1S/C17H26FN3O3/c1-11(2)8-9-19-15(22)20-12-6-7-13(18)14(10-12)21-16(23)24-17(3,4)5/h6-7,10-11H,8-9H2,1-5H3,(H,21,23)(H2,19,20,22). The van der Waals surface area contributed by atoms with Gasteiger partial charge in [-0.15, -0.1) is 0 Å². The Morgan fingerprint density at radius 2 is 1.88 bits per heavy atom. The predicted octanol–water partition coefficient (Wildman–Crippen LogP) is 4.34. The molecule has 1 aromatic rings. The molecule has 0 radical (unpaired) electrons. The summed E-state index contributed by atoms with van der Waals surface area (Å²) >= 11 is 0. The number of halogens is 1. The van der Waals surface area contributed by atoms with E-state index >= 15 is 0 Å². The van der Waals surface area contributed by atoms with Crippen LogP contribution in [0.2, 0.25) is 0 Å². The largest absolute Gasteiger partial charge is 0.444 e. The molecule has 134 valence electrons. The highest BCUT2D eigenvalue weighted by Crippen LogP contribution is 2.20. The van der Waals surface area contributed by atoms with E-state index in [-0.39, 0.29) is 11.7 Å². The molecule has 0 aliphatic heterocycles. The molecule has 0 saturated carbocycles. The van der Waals surface area contributed by atoms with Gasteiger partial charge in [0.15, 0.2) is 0 Å². The lowest BCUT2D eigenvalue weighted by atomic mass is 10.1. The normalized spacial score (nSPS) is 11.1. The zero-order chi connectivity index (χ0) is 18.3. The molecule has 1 aromatic carbocycles. The van der Waals surface area contributed by atoms with Gasteiger partial charge in [-0.25, -0.2) is 14.0 Å². The molecule has 0 aromatic heterocycles. The second kappa shape index (κ2) is 8.52. The van der Waals surface area contributed by atoms with Gasteiger partial charge in [0.05, 0.1) is 5.69 Å². The van der Waals surface area contributed by atoms with Gasteiger partial charge in [0, 0.05) is 12.2 Å². The van der Waals surface area contributed by atoms with Gasteiger partial charge in [0.1, 0.15) is 11.4 Å². The molecule has 0 aliphatic rings. The Kier molecular flexibility index (Phi) is 7.00. The van der Waals surface area contributed by atoms with E-state index in [1.807, 2.05) is 0 Å². The monoisotopic (exact) mass is 339 g/mol. The Labute approximate surface area is 142 Å². The van der Waals surface area contributed by atoms with Crippen LogP contribution in [0, 0.1) is 11.7 Å². The molecular formula is C17H26FN3O3. The lowest BCUT2D eigenvalue weighted by Gasteiger charge is -2.20. The second-order valence-electron chi connectivity index (χ2n) is 6.88. The number of hydrogen-bond donors (Lipinski definition) is 3. The van der Waals surface area contributed by atoms with Crippen LogP contribution in [0.3, 0.4) is 0 Å². The molecule has 0 fully saturated rings. The SMILES string of the molecule is CC(C)CCNC(=O)Nc1ccc(F)c(NC(=O)OC(C)(C)C)c1. The minimum atomic E-state index is -0.764. The third kappa shape index (κ3) is 7.80. The molecule has 3 N–H and O–H groups in total. The third-order valence-corrected chi connectivity index (χ3v) is 2.87. The first-order valence-corrected chi connectivity index (χ1v) is 7.91. The van der Waals surface area contributed by atoms with E-state index in [2.05, 4.69) is 29.8 Å². The number of carbonyl (C=O) groups excluding carboxylic acids is 2. The molecule has 0 spiro atoms. The minimum absolute atomic E-state index is 0.0655. The number of urea groups is 1. The summed E-state index contributed by atoms with van der Waals surface area (Å²) in [7, 11) is 0. The fourth-order valence-electron chi connectivity index (χ4n) is 1.76. The van der Waals surface area contributed by atoms with E-state index < -0.39 is 17.5 Å². The van der Waals surface area contributed by atoms with Gasteiger partial charge < -0.3 is 15.4 Å². The van der Waals surface area contributed by atoms with Crippen molar-refractivity contribution in [2.75, 3.05) is 17.2 Å². The molecule has 6 nitrogen and oxygen atoms in total. The second-order valence-corrected chi connectivity index (χ2v) is 6.88. The Morgan fingerprint density at radius 1 is 1.21 bits per heavy atom. The maximum absolute atomic E-state index is 13.8. The number of hydrogen-bond acceptors (Lipinski definition) is 3. The molecule has 0 bridgehead atoms. The number of nitrogens with one attached hydrogen (secondary N) is 3. The molecule has 1 rings (SSSR count).